The summed E-state index contributed by atoms with van der Waals surface area (Å²) in [4.78, 5) is 2.40. The maximum absolute atomic E-state index is 10.3. The van der Waals surface area contributed by atoms with Crippen LogP contribution in [0, 0.1) is 6.92 Å². The van der Waals surface area contributed by atoms with E-state index < -0.39 is 6.10 Å². The molecule has 0 aromatic heterocycles. The van der Waals surface area contributed by atoms with Gasteiger partial charge >= 0.3 is 0 Å². The molecular weight excluding hydrogens is 412 g/mol. The van der Waals surface area contributed by atoms with E-state index in [9.17, 15) is 5.11 Å². The van der Waals surface area contributed by atoms with Gasteiger partial charge in [0.25, 0.3) is 0 Å². The largest absolute Gasteiger partial charge is 0.492 e. The molecule has 3 aromatic carbocycles. The molecule has 5 heteroatoms. The molecule has 0 saturated carbocycles. The Morgan fingerprint density at radius 3 is 2.24 bits per heavy atom. The first-order valence-electron chi connectivity index (χ1n) is 11.6. The van der Waals surface area contributed by atoms with Crippen LogP contribution in [0.2, 0.25) is 0 Å². The van der Waals surface area contributed by atoms with E-state index >= 15 is 0 Å². The molecule has 176 valence electrons. The van der Waals surface area contributed by atoms with Crippen molar-refractivity contribution >= 4 is 0 Å². The van der Waals surface area contributed by atoms with Crippen molar-refractivity contribution in [2.75, 3.05) is 32.8 Å². The summed E-state index contributed by atoms with van der Waals surface area (Å²) in [6.45, 7) is 8.05. The summed E-state index contributed by atoms with van der Waals surface area (Å²) < 4.78 is 11.7. The molecule has 3 aromatic rings. The van der Waals surface area contributed by atoms with E-state index in [4.69, 9.17) is 9.47 Å². The third kappa shape index (κ3) is 9.26. The molecule has 0 spiro atoms. The molecule has 2 atom stereocenters. The molecule has 0 heterocycles. The maximum Gasteiger partial charge on any atom is 0.119 e. The number of para-hydroxylation sites is 1. The van der Waals surface area contributed by atoms with Crippen LogP contribution in [-0.4, -0.2) is 55.0 Å². The lowest BCUT2D eigenvalue weighted by atomic mass is 10.2. The predicted molar refractivity (Wildman–Crippen MR) is 134 cm³/mol. The zero-order chi connectivity index (χ0) is 23.3. The number of rotatable bonds is 14. The second kappa shape index (κ2) is 13.6. The summed E-state index contributed by atoms with van der Waals surface area (Å²) >= 11 is 0. The summed E-state index contributed by atoms with van der Waals surface area (Å²) in [5, 5.41) is 13.6. The fraction of sp³-hybridized carbons (Fsp3) is 0.357. The van der Waals surface area contributed by atoms with Crippen molar-refractivity contribution in [3.05, 3.63) is 96.1 Å². The minimum absolute atomic E-state index is 0.238. The van der Waals surface area contributed by atoms with Gasteiger partial charge in [0, 0.05) is 32.2 Å². The van der Waals surface area contributed by atoms with E-state index in [1.165, 1.54) is 5.56 Å². The zero-order valence-electron chi connectivity index (χ0n) is 19.7. The van der Waals surface area contributed by atoms with Crippen molar-refractivity contribution in [3.8, 4) is 11.5 Å². The highest BCUT2D eigenvalue weighted by atomic mass is 16.5. The van der Waals surface area contributed by atoms with Gasteiger partial charge in [-0.15, -0.1) is 0 Å². The Kier molecular flexibility index (Phi) is 10.2. The number of aliphatic hydroxyl groups excluding tert-OH is 1. The molecule has 0 amide bonds. The molecule has 0 saturated heterocycles. The zero-order valence-corrected chi connectivity index (χ0v) is 19.7. The molecular formula is C28H36N2O3. The van der Waals surface area contributed by atoms with Crippen molar-refractivity contribution in [1.29, 1.82) is 0 Å². The van der Waals surface area contributed by atoms with E-state index in [1.54, 1.807) is 0 Å². The van der Waals surface area contributed by atoms with Crippen LogP contribution in [0.1, 0.15) is 18.1 Å². The van der Waals surface area contributed by atoms with E-state index in [2.05, 4.69) is 41.4 Å². The first-order valence-corrected chi connectivity index (χ1v) is 11.6. The van der Waals surface area contributed by atoms with Crippen molar-refractivity contribution in [2.45, 2.75) is 32.5 Å². The van der Waals surface area contributed by atoms with Gasteiger partial charge in [-0.05, 0) is 49.2 Å². The van der Waals surface area contributed by atoms with Gasteiger partial charge < -0.3 is 19.9 Å². The molecule has 0 radical (unpaired) electrons. The second-order valence-electron chi connectivity index (χ2n) is 8.41. The lowest BCUT2D eigenvalue weighted by Crippen LogP contribution is -2.42. The highest BCUT2D eigenvalue weighted by molar-refractivity contribution is 5.27. The van der Waals surface area contributed by atoms with Gasteiger partial charge in [-0.2, -0.15) is 0 Å². The van der Waals surface area contributed by atoms with Gasteiger partial charge in [0.1, 0.15) is 30.8 Å². The normalized spacial score (nSPS) is 13.0. The van der Waals surface area contributed by atoms with Gasteiger partial charge in [-0.1, -0.05) is 60.7 Å². The van der Waals surface area contributed by atoms with Crippen LogP contribution < -0.4 is 14.8 Å². The van der Waals surface area contributed by atoms with Crippen LogP contribution in [0.3, 0.4) is 0 Å². The van der Waals surface area contributed by atoms with Crippen molar-refractivity contribution in [1.82, 2.24) is 10.2 Å². The van der Waals surface area contributed by atoms with E-state index in [0.717, 1.165) is 36.7 Å². The molecule has 0 aliphatic rings. The monoisotopic (exact) mass is 448 g/mol. The number of ether oxygens (including phenoxy) is 2. The lowest BCUT2D eigenvalue weighted by Gasteiger charge is -2.29. The Hall–Kier alpha value is -2.86. The quantitative estimate of drug-likeness (QED) is 0.360. The molecule has 33 heavy (non-hydrogen) atoms. The Bertz CT molecular complexity index is 921. The van der Waals surface area contributed by atoms with Crippen molar-refractivity contribution < 1.29 is 14.6 Å². The number of nitrogens with one attached hydrogen (secondary N) is 1. The predicted octanol–water partition coefficient (Wildman–Crippen LogP) is 4.29. The third-order valence-electron chi connectivity index (χ3n) is 5.47. The molecule has 0 bridgehead atoms. The fourth-order valence-electron chi connectivity index (χ4n) is 3.56. The smallest absolute Gasteiger partial charge is 0.119 e. The number of hydrogen-bond acceptors (Lipinski definition) is 5. The molecule has 0 aliphatic carbocycles. The third-order valence-corrected chi connectivity index (χ3v) is 5.47. The molecule has 0 fully saturated rings. The Labute approximate surface area is 198 Å². The maximum atomic E-state index is 10.3. The summed E-state index contributed by atoms with van der Waals surface area (Å²) in [6.07, 6.45) is -0.563. The Morgan fingerprint density at radius 2 is 1.52 bits per heavy atom. The highest BCUT2D eigenvalue weighted by Crippen LogP contribution is 2.13. The van der Waals surface area contributed by atoms with Gasteiger partial charge in [0.2, 0.25) is 0 Å². The van der Waals surface area contributed by atoms with Crippen LogP contribution in [0.5, 0.6) is 11.5 Å². The van der Waals surface area contributed by atoms with Crippen molar-refractivity contribution in [3.63, 3.8) is 0 Å². The average molecular weight is 449 g/mol. The number of nitrogens with zero attached hydrogens (tertiary/aromatic N) is 1. The molecule has 3 rings (SSSR count). The summed E-state index contributed by atoms with van der Waals surface area (Å²) in [5.74, 6) is 1.68. The first kappa shape index (κ1) is 24.8. The lowest BCUT2D eigenvalue weighted by molar-refractivity contribution is 0.102. The Morgan fingerprint density at radius 1 is 0.848 bits per heavy atom. The van der Waals surface area contributed by atoms with Crippen LogP contribution in [-0.2, 0) is 6.54 Å². The van der Waals surface area contributed by atoms with Crippen LogP contribution in [0.4, 0.5) is 0 Å². The standard InChI is InChI=1S/C28H36N2O3/c1-23-10-9-15-28(18-23)33-22-26(31)19-29-16-17-30(20-25-11-5-3-6-12-25)24(2)21-32-27-13-7-4-8-14-27/h3-15,18,24,26,29,31H,16-17,19-22H2,1-2H3. The topological polar surface area (TPSA) is 54.0 Å². The van der Waals surface area contributed by atoms with Gasteiger partial charge in [0.15, 0.2) is 0 Å². The minimum Gasteiger partial charge on any atom is -0.492 e. The van der Waals surface area contributed by atoms with Gasteiger partial charge in [-0.3, -0.25) is 4.90 Å². The van der Waals surface area contributed by atoms with E-state index in [0.29, 0.717) is 13.2 Å². The highest BCUT2D eigenvalue weighted by Gasteiger charge is 2.15. The fourth-order valence-corrected chi connectivity index (χ4v) is 3.56. The number of aliphatic hydroxyl groups is 1. The number of benzene rings is 3. The minimum atomic E-state index is -0.563. The molecule has 2 N–H and O–H groups in total. The number of aryl methyl sites for hydroxylation is 1. The molecule has 2 unspecified atom stereocenters. The first-order chi connectivity index (χ1) is 16.1. The van der Waals surface area contributed by atoms with Gasteiger partial charge in [0.05, 0.1) is 0 Å². The summed E-state index contributed by atoms with van der Waals surface area (Å²) in [6, 6.07) is 28.5. The molecule has 0 aliphatic heterocycles. The summed E-state index contributed by atoms with van der Waals surface area (Å²) in [7, 11) is 0. The summed E-state index contributed by atoms with van der Waals surface area (Å²) in [5.41, 5.74) is 2.42. The second-order valence-corrected chi connectivity index (χ2v) is 8.41. The van der Waals surface area contributed by atoms with Crippen molar-refractivity contribution in [2.24, 2.45) is 0 Å². The van der Waals surface area contributed by atoms with Gasteiger partial charge in [-0.25, -0.2) is 0 Å². The average Bonchev–Trinajstić information content (AvgIpc) is 2.84. The van der Waals surface area contributed by atoms with Crippen LogP contribution in [0.15, 0.2) is 84.9 Å². The number of hydrogen-bond donors (Lipinski definition) is 2. The van der Waals surface area contributed by atoms with E-state index in [-0.39, 0.29) is 12.6 Å². The van der Waals surface area contributed by atoms with Crippen LogP contribution in [0.25, 0.3) is 0 Å². The van der Waals surface area contributed by atoms with E-state index in [1.807, 2.05) is 67.6 Å². The Balaban J connectivity index is 1.44. The van der Waals surface area contributed by atoms with Crippen LogP contribution >= 0.6 is 0 Å². The molecule has 5 nitrogen and oxygen atoms in total. The SMILES string of the molecule is Cc1cccc(OCC(O)CNCCN(Cc2ccccc2)C(C)COc2ccccc2)c1.